The van der Waals surface area contributed by atoms with E-state index in [4.69, 9.17) is 14.2 Å². The number of nitrogens with one attached hydrogen (secondary N) is 2. The maximum Gasteiger partial charge on any atom is 0.262 e. The van der Waals surface area contributed by atoms with Crippen LogP contribution in [-0.4, -0.2) is 60.6 Å². The van der Waals surface area contributed by atoms with Gasteiger partial charge in [0.25, 0.3) is 5.56 Å². The maximum atomic E-state index is 13.3. The van der Waals surface area contributed by atoms with Crippen molar-refractivity contribution in [2.45, 2.75) is 43.5 Å². The molecule has 1 aliphatic heterocycles. The van der Waals surface area contributed by atoms with Gasteiger partial charge in [-0.05, 0) is 43.5 Å². The average molecular weight is 541 g/mol. The van der Waals surface area contributed by atoms with Gasteiger partial charge in [-0.25, -0.2) is 4.98 Å². The molecule has 2 amide bonds. The molecule has 38 heavy (non-hydrogen) atoms. The number of para-hydroxylation sites is 1. The number of amides is 2. The van der Waals surface area contributed by atoms with Crippen LogP contribution in [0.4, 0.5) is 5.69 Å². The molecule has 10 nitrogen and oxygen atoms in total. The molecule has 1 fully saturated rings. The van der Waals surface area contributed by atoms with E-state index < -0.39 is 0 Å². The number of hydrogen-bond acceptors (Lipinski definition) is 8. The van der Waals surface area contributed by atoms with Crippen LogP contribution in [0, 0.1) is 0 Å². The molecule has 1 aromatic heterocycles. The Kier molecular flexibility index (Phi) is 9.61. The minimum absolute atomic E-state index is 0.0296. The molecule has 202 valence electrons. The van der Waals surface area contributed by atoms with Gasteiger partial charge in [-0.15, -0.1) is 0 Å². The van der Waals surface area contributed by atoms with Crippen LogP contribution in [-0.2, 0) is 20.9 Å². The van der Waals surface area contributed by atoms with Crippen molar-refractivity contribution in [1.82, 2.24) is 14.9 Å². The normalized spacial score (nSPS) is 14.8. The Morgan fingerprint density at radius 2 is 2.00 bits per heavy atom. The van der Waals surface area contributed by atoms with Crippen molar-refractivity contribution >= 4 is 40.2 Å². The molecule has 2 N–H and O–H groups in total. The largest absolute Gasteiger partial charge is 0.497 e. The molecule has 1 aliphatic rings. The predicted molar refractivity (Wildman–Crippen MR) is 146 cm³/mol. The quantitative estimate of drug-likeness (QED) is 0.265. The van der Waals surface area contributed by atoms with Crippen LogP contribution in [0.1, 0.15) is 25.7 Å². The van der Waals surface area contributed by atoms with Gasteiger partial charge in [-0.3, -0.25) is 19.0 Å². The zero-order valence-electron chi connectivity index (χ0n) is 21.5. The summed E-state index contributed by atoms with van der Waals surface area (Å²) in [5.74, 6) is 0.757. The first-order valence-electron chi connectivity index (χ1n) is 12.5. The lowest BCUT2D eigenvalue weighted by atomic mass is 10.2. The van der Waals surface area contributed by atoms with E-state index in [1.807, 2.05) is 6.07 Å². The summed E-state index contributed by atoms with van der Waals surface area (Å²) in [5.41, 5.74) is 0.870. The Morgan fingerprint density at radius 3 is 2.76 bits per heavy atom. The lowest BCUT2D eigenvalue weighted by Crippen LogP contribution is -2.32. The van der Waals surface area contributed by atoms with Crippen LogP contribution < -0.4 is 25.7 Å². The molecule has 0 bridgehead atoms. The number of carbonyl (C=O) groups excluding carboxylic acids is 2. The van der Waals surface area contributed by atoms with Gasteiger partial charge in [0.15, 0.2) is 5.16 Å². The van der Waals surface area contributed by atoms with Crippen molar-refractivity contribution in [1.29, 1.82) is 0 Å². The second-order valence-corrected chi connectivity index (χ2v) is 9.76. The van der Waals surface area contributed by atoms with Gasteiger partial charge in [0.05, 0.1) is 42.7 Å². The van der Waals surface area contributed by atoms with Crippen LogP contribution in [0.5, 0.6) is 11.5 Å². The topological polar surface area (TPSA) is 121 Å². The third-order valence-electron chi connectivity index (χ3n) is 6.18. The third-order valence-corrected chi connectivity index (χ3v) is 7.15. The number of thioether (sulfide) groups is 1. The first kappa shape index (κ1) is 27.5. The molecule has 4 rings (SSSR count). The molecule has 3 aromatic rings. The molecule has 1 saturated heterocycles. The molecule has 1 atom stereocenters. The second-order valence-electron chi connectivity index (χ2n) is 8.81. The molecular formula is C27H32N4O6S. The van der Waals surface area contributed by atoms with Crippen molar-refractivity contribution in [2.24, 2.45) is 0 Å². The smallest absolute Gasteiger partial charge is 0.262 e. The van der Waals surface area contributed by atoms with Crippen molar-refractivity contribution in [2.75, 3.05) is 38.4 Å². The monoisotopic (exact) mass is 540 g/mol. The van der Waals surface area contributed by atoms with E-state index in [9.17, 15) is 14.4 Å². The average Bonchev–Trinajstić information content (AvgIpc) is 3.46. The van der Waals surface area contributed by atoms with Crippen LogP contribution in [0.3, 0.4) is 0 Å². The van der Waals surface area contributed by atoms with E-state index in [1.54, 1.807) is 48.1 Å². The van der Waals surface area contributed by atoms with Crippen molar-refractivity contribution in [3.05, 3.63) is 52.8 Å². The molecule has 0 spiro atoms. The van der Waals surface area contributed by atoms with Gasteiger partial charge in [0.1, 0.15) is 11.5 Å². The molecular weight excluding hydrogens is 508 g/mol. The standard InChI is InChI=1S/C27H32N4O6S/c1-35-18-11-12-22(23(15-18)36-2)29-25(33)17-38-27-30-21-9-4-3-8-20(21)26(34)31(27)13-5-10-24(32)28-16-19-7-6-14-37-19/h3-4,8-9,11-12,15,19H,5-7,10,13-14,16-17H2,1-2H3,(H,28,32)(H,29,33)/t19-/m0/s1. The summed E-state index contributed by atoms with van der Waals surface area (Å²) in [5, 5.41) is 6.65. The Morgan fingerprint density at radius 1 is 1.16 bits per heavy atom. The molecule has 0 radical (unpaired) electrons. The first-order chi connectivity index (χ1) is 18.5. The Labute approximate surface area is 225 Å². The summed E-state index contributed by atoms with van der Waals surface area (Å²) < 4.78 is 17.6. The molecule has 0 aliphatic carbocycles. The lowest BCUT2D eigenvalue weighted by molar-refractivity contribution is -0.121. The molecule has 11 heteroatoms. The van der Waals surface area contributed by atoms with Gasteiger partial charge in [0, 0.05) is 32.2 Å². The third kappa shape index (κ3) is 7.05. The fourth-order valence-corrected chi connectivity index (χ4v) is 5.02. The number of carbonyl (C=O) groups is 2. The van der Waals surface area contributed by atoms with E-state index in [1.165, 1.54) is 18.9 Å². The summed E-state index contributed by atoms with van der Waals surface area (Å²) in [7, 11) is 3.07. The first-order valence-corrected chi connectivity index (χ1v) is 13.5. The Hall–Kier alpha value is -3.57. The second kappa shape index (κ2) is 13.3. The van der Waals surface area contributed by atoms with Crippen LogP contribution in [0.25, 0.3) is 10.9 Å². The molecule has 2 heterocycles. The summed E-state index contributed by atoms with van der Waals surface area (Å²) in [6.45, 7) is 1.55. The van der Waals surface area contributed by atoms with E-state index in [2.05, 4.69) is 15.6 Å². The molecule has 0 saturated carbocycles. The SMILES string of the molecule is COc1ccc(NC(=O)CSc2nc3ccccc3c(=O)n2CCCC(=O)NC[C@@H]2CCCO2)c(OC)c1. The number of benzene rings is 2. The highest BCUT2D eigenvalue weighted by atomic mass is 32.2. The van der Waals surface area contributed by atoms with Crippen LogP contribution in [0.15, 0.2) is 52.4 Å². The highest BCUT2D eigenvalue weighted by molar-refractivity contribution is 7.99. The Balaban J connectivity index is 1.41. The van der Waals surface area contributed by atoms with Gasteiger partial charge in [-0.1, -0.05) is 23.9 Å². The number of hydrogen-bond donors (Lipinski definition) is 2. The lowest BCUT2D eigenvalue weighted by Gasteiger charge is -2.14. The molecule has 2 aromatic carbocycles. The minimum Gasteiger partial charge on any atom is -0.497 e. The maximum absolute atomic E-state index is 13.3. The number of fused-ring (bicyclic) bond motifs is 1. The van der Waals surface area contributed by atoms with Gasteiger partial charge >= 0.3 is 0 Å². The van der Waals surface area contributed by atoms with E-state index in [-0.39, 0.29) is 35.7 Å². The highest BCUT2D eigenvalue weighted by Crippen LogP contribution is 2.29. The van der Waals surface area contributed by atoms with Crippen LogP contribution >= 0.6 is 11.8 Å². The van der Waals surface area contributed by atoms with Crippen molar-refractivity contribution in [3.63, 3.8) is 0 Å². The molecule has 0 unspecified atom stereocenters. The van der Waals surface area contributed by atoms with E-state index >= 15 is 0 Å². The predicted octanol–water partition coefficient (Wildman–Crippen LogP) is 3.22. The number of rotatable bonds is 12. The fraction of sp³-hybridized carbons (Fsp3) is 0.407. The summed E-state index contributed by atoms with van der Waals surface area (Å²) in [6, 6.07) is 12.2. The van der Waals surface area contributed by atoms with Gasteiger partial charge < -0.3 is 24.8 Å². The van der Waals surface area contributed by atoms with Gasteiger partial charge in [-0.2, -0.15) is 0 Å². The van der Waals surface area contributed by atoms with Crippen molar-refractivity contribution in [3.8, 4) is 11.5 Å². The zero-order valence-corrected chi connectivity index (χ0v) is 22.3. The Bertz CT molecular complexity index is 1340. The summed E-state index contributed by atoms with van der Waals surface area (Å²) >= 11 is 1.17. The number of anilines is 1. The number of nitrogens with zero attached hydrogens (tertiary/aromatic N) is 2. The van der Waals surface area contributed by atoms with E-state index in [0.29, 0.717) is 52.8 Å². The zero-order chi connectivity index (χ0) is 26.9. The fourth-order valence-electron chi connectivity index (χ4n) is 4.19. The van der Waals surface area contributed by atoms with Crippen molar-refractivity contribution < 1.29 is 23.8 Å². The van der Waals surface area contributed by atoms with Crippen LogP contribution in [0.2, 0.25) is 0 Å². The summed E-state index contributed by atoms with van der Waals surface area (Å²) in [4.78, 5) is 43.0. The van der Waals surface area contributed by atoms with Gasteiger partial charge in [0.2, 0.25) is 11.8 Å². The minimum atomic E-state index is -0.277. The summed E-state index contributed by atoms with van der Waals surface area (Å²) in [6.07, 6.45) is 2.79. The number of ether oxygens (including phenoxy) is 3. The van der Waals surface area contributed by atoms with E-state index in [0.717, 1.165) is 19.4 Å². The highest BCUT2D eigenvalue weighted by Gasteiger charge is 2.17. The number of aromatic nitrogens is 2. The number of methoxy groups -OCH3 is 2.